The van der Waals surface area contributed by atoms with Crippen molar-refractivity contribution in [3.05, 3.63) is 267 Å². The zero-order chi connectivity index (χ0) is 59.6. The van der Waals surface area contributed by atoms with E-state index in [9.17, 15) is 2.74 Å². The van der Waals surface area contributed by atoms with Crippen LogP contribution in [-0.2, 0) is 21.1 Å². The smallest absolute Gasteiger partial charge is 0.268 e. The zero-order valence-electron chi connectivity index (χ0n) is 51.8. The van der Waals surface area contributed by atoms with Crippen molar-refractivity contribution in [1.82, 2.24) is 18.7 Å². The van der Waals surface area contributed by atoms with Gasteiger partial charge in [-0.15, -0.1) is 29.7 Å². The van der Waals surface area contributed by atoms with Crippen LogP contribution in [0.4, 0.5) is 0 Å². The predicted octanol–water partition coefficient (Wildman–Crippen LogP) is 16.0. The minimum absolute atomic E-state index is 0. The van der Waals surface area contributed by atoms with E-state index in [0.29, 0.717) is 78.5 Å². The summed E-state index contributed by atoms with van der Waals surface area (Å²) in [7, 11) is 0. The number of aryl methyl sites for hydroxylation is 1. The number of rotatable bonds is 9. The van der Waals surface area contributed by atoms with Crippen molar-refractivity contribution in [2.45, 2.75) is 6.85 Å². The standard InChI is InChI=1S/C67H43N5O.Pt/c1-45-40-65(68-43-58(45)48-24-9-4-10-25-48)71-59-33-13-11-28-54(59)56-39-38-51(42-64(56)71)73-50-27-17-26-49(41-50)69-44-70(62-36-16-15-35-61(62)69)67-53(47-22-7-3-8-23-47)31-19-37-63(67)72-60-34-14-12-29-55(60)57-32-18-30-52(66(57)72)46-20-5-2-6-21-46;/h2-40,43H,1H3;/q-2;/i1D3,2D,3D,5D,6D,7D,8D,20D,21D,22D,23D;. The molecule has 0 saturated heterocycles. The molecule has 0 amide bonds. The Bertz CT molecular complexity index is 5120. The van der Waals surface area contributed by atoms with Crippen LogP contribution < -0.4 is 9.30 Å². The second kappa shape index (κ2) is 18.5. The Hall–Kier alpha value is -9.09. The average Bonchev–Trinajstić information content (AvgIpc) is 1.64. The molecule has 354 valence electrons. The van der Waals surface area contributed by atoms with E-state index < -0.39 is 67.3 Å². The molecule has 0 bridgehead atoms. The van der Waals surface area contributed by atoms with Gasteiger partial charge in [0.05, 0.1) is 47.1 Å². The fourth-order valence-corrected chi connectivity index (χ4v) is 10.1. The molecule has 0 aliphatic heterocycles. The summed E-state index contributed by atoms with van der Waals surface area (Å²) < 4.78 is 129. The summed E-state index contributed by atoms with van der Waals surface area (Å²) in [6.07, 6.45) is 5.17. The number of para-hydroxylation sites is 6. The Balaban J connectivity index is 0.00000700. The first-order chi connectivity index (χ1) is 41.5. The summed E-state index contributed by atoms with van der Waals surface area (Å²) in [6, 6.07) is 55.7. The molecule has 0 aliphatic carbocycles. The van der Waals surface area contributed by atoms with E-state index in [1.54, 1.807) is 57.8 Å². The molecular weight excluding hydrogens is 1090 g/mol. The Kier molecular flexibility index (Phi) is 8.20. The van der Waals surface area contributed by atoms with E-state index in [2.05, 4.69) is 18.5 Å². The third kappa shape index (κ3) is 7.45. The van der Waals surface area contributed by atoms with Gasteiger partial charge in [0.1, 0.15) is 5.82 Å². The van der Waals surface area contributed by atoms with E-state index >= 15 is 0 Å². The monoisotopic (exact) mass is 1140 g/mol. The van der Waals surface area contributed by atoms with Crippen molar-refractivity contribution in [3.8, 4) is 67.8 Å². The molecule has 0 atom stereocenters. The van der Waals surface area contributed by atoms with Crippen LogP contribution in [0.1, 0.15) is 23.4 Å². The van der Waals surface area contributed by atoms with Gasteiger partial charge in [0, 0.05) is 70.3 Å². The topological polar surface area (TPSA) is 40.8 Å². The van der Waals surface area contributed by atoms with Crippen LogP contribution in [0.5, 0.6) is 11.5 Å². The van der Waals surface area contributed by atoms with Gasteiger partial charge in [0.2, 0.25) is 0 Å². The maximum absolute atomic E-state index is 9.36. The summed E-state index contributed by atoms with van der Waals surface area (Å²) in [5.74, 6) is 1.02. The zero-order valence-corrected chi connectivity index (χ0v) is 41.1. The molecule has 4 aromatic heterocycles. The number of nitrogens with zero attached hydrogens (tertiary/aromatic N) is 5. The maximum atomic E-state index is 9.36. The van der Waals surface area contributed by atoms with Gasteiger partial charge in [0.15, 0.2) is 0 Å². The number of pyridine rings is 1. The normalized spacial score (nSPS) is 14.1. The van der Waals surface area contributed by atoms with Gasteiger partial charge in [0.25, 0.3) is 6.33 Å². The van der Waals surface area contributed by atoms with Crippen molar-refractivity contribution in [2.75, 3.05) is 0 Å². The van der Waals surface area contributed by atoms with E-state index in [1.165, 1.54) is 0 Å². The van der Waals surface area contributed by atoms with Crippen molar-refractivity contribution in [3.63, 3.8) is 0 Å². The fourth-order valence-electron chi connectivity index (χ4n) is 10.1. The SMILES string of the molecule is [2H]c1c([2H])c([2H])c(-c2cccc(-n3c4ccccc4c4cccc(-c5c([2H])c([2H])c([2H])c([2H])c5[2H])c43)c2-[n+]2[c-]n(-c3[c-]c(Oc4[c-]c5c(cc4)c4ccccc4n5-c4cc(C([2H])([2H])[2H])c(-c5ccccc5)cn4)ccc3)c3ccccc32)c([2H])c1[2H].[Pt]. The van der Waals surface area contributed by atoms with Gasteiger partial charge in [-0.25, -0.2) is 4.98 Å². The minimum Gasteiger partial charge on any atom is -0.510 e. The summed E-state index contributed by atoms with van der Waals surface area (Å²) in [6.45, 7) is -2.46. The number of benzene rings is 10. The van der Waals surface area contributed by atoms with Crippen molar-refractivity contribution < 1.29 is 48.2 Å². The Morgan fingerprint density at radius 3 is 1.95 bits per heavy atom. The van der Waals surface area contributed by atoms with Crippen molar-refractivity contribution in [1.29, 1.82) is 0 Å². The van der Waals surface area contributed by atoms with Gasteiger partial charge in [-0.05, 0) is 70.0 Å². The molecule has 0 saturated carbocycles. The number of aromatic nitrogens is 5. The molecule has 14 rings (SSSR count). The molecule has 14 aromatic rings. The Labute approximate surface area is 460 Å². The molecule has 0 N–H and O–H groups in total. The third-order valence-corrected chi connectivity index (χ3v) is 13.3. The summed E-state index contributed by atoms with van der Waals surface area (Å²) >= 11 is 0. The Morgan fingerprint density at radius 2 is 1.16 bits per heavy atom. The van der Waals surface area contributed by atoms with Crippen LogP contribution in [0.25, 0.3) is 111 Å². The molecule has 0 unspecified atom stereocenters. The minimum atomic E-state index is -2.46. The third-order valence-electron chi connectivity index (χ3n) is 13.3. The van der Waals surface area contributed by atoms with Crippen LogP contribution in [0.15, 0.2) is 243 Å². The quantitative estimate of drug-likeness (QED) is 0.107. The van der Waals surface area contributed by atoms with Gasteiger partial charge < -0.3 is 18.4 Å². The van der Waals surface area contributed by atoms with Gasteiger partial charge in [-0.3, -0.25) is 4.57 Å². The number of hydrogen-bond donors (Lipinski definition) is 0. The summed E-state index contributed by atoms with van der Waals surface area (Å²) in [5, 5.41) is 3.20. The number of fused-ring (bicyclic) bond motifs is 7. The van der Waals surface area contributed by atoms with E-state index in [-0.39, 0.29) is 43.3 Å². The van der Waals surface area contributed by atoms with Crippen molar-refractivity contribution in [2.24, 2.45) is 0 Å². The first-order valence-corrected chi connectivity index (χ1v) is 23.5. The summed E-state index contributed by atoms with van der Waals surface area (Å²) in [5.41, 5.74) is 6.87. The second-order valence-corrected chi connectivity index (χ2v) is 17.4. The van der Waals surface area contributed by atoms with Gasteiger partial charge in [-0.2, -0.15) is 18.2 Å². The summed E-state index contributed by atoms with van der Waals surface area (Å²) in [4.78, 5) is 4.86. The number of ether oxygens (including phenoxy) is 1. The first-order valence-electron chi connectivity index (χ1n) is 30.0. The van der Waals surface area contributed by atoms with Crippen LogP contribution in [-0.4, -0.2) is 18.7 Å². The molecule has 10 aromatic carbocycles. The van der Waals surface area contributed by atoms with E-state index in [1.807, 2.05) is 143 Å². The average molecular weight is 1140 g/mol. The fraction of sp³-hybridized carbons (Fsp3) is 0.0149. The molecule has 0 spiro atoms. The maximum Gasteiger partial charge on any atom is 0.268 e. The number of hydrogen-bond acceptors (Lipinski definition) is 2. The van der Waals surface area contributed by atoms with Crippen LogP contribution in [0.2, 0.25) is 0 Å². The Morgan fingerprint density at radius 1 is 0.527 bits per heavy atom. The molecule has 0 radical (unpaired) electrons. The molecule has 0 fully saturated rings. The molecule has 6 nitrogen and oxygen atoms in total. The van der Waals surface area contributed by atoms with Crippen LogP contribution >= 0.6 is 0 Å². The molecule has 74 heavy (non-hydrogen) atoms. The molecule has 4 heterocycles. The predicted molar refractivity (Wildman–Crippen MR) is 295 cm³/mol. The molecular formula is C67H43N5OPt-2. The van der Waals surface area contributed by atoms with Crippen LogP contribution in [0.3, 0.4) is 0 Å². The second-order valence-electron chi connectivity index (χ2n) is 17.4. The molecule has 0 aliphatic rings. The van der Waals surface area contributed by atoms with Crippen LogP contribution in [0, 0.1) is 25.3 Å². The largest absolute Gasteiger partial charge is 0.510 e. The van der Waals surface area contributed by atoms with E-state index in [0.717, 1.165) is 27.2 Å². The van der Waals surface area contributed by atoms with Gasteiger partial charge in [-0.1, -0.05) is 187 Å². The molecule has 7 heteroatoms. The number of imidazole rings is 1. The van der Waals surface area contributed by atoms with Crippen molar-refractivity contribution >= 4 is 54.6 Å². The first kappa shape index (κ1) is 32.8. The van der Waals surface area contributed by atoms with E-state index in [4.69, 9.17) is 24.8 Å². The van der Waals surface area contributed by atoms with Gasteiger partial charge >= 0.3 is 0 Å².